The third kappa shape index (κ3) is 4.11. The van der Waals surface area contributed by atoms with Crippen LogP contribution in [0.15, 0.2) is 17.1 Å². The van der Waals surface area contributed by atoms with Crippen molar-refractivity contribution in [3.8, 4) is 0 Å². The number of aromatic nitrogens is 4. The van der Waals surface area contributed by atoms with E-state index in [4.69, 9.17) is 4.52 Å². The number of carbonyl (C=O) groups is 1. The van der Waals surface area contributed by atoms with Crippen molar-refractivity contribution >= 4 is 11.9 Å². The number of aryl methyl sites for hydroxylation is 1. The molecule has 0 aromatic carbocycles. The molecule has 0 aliphatic carbocycles. The second kappa shape index (κ2) is 7.56. The Hall–Kier alpha value is -2.55. The van der Waals surface area contributed by atoms with Gasteiger partial charge in [-0.1, -0.05) is 5.16 Å². The van der Waals surface area contributed by atoms with E-state index >= 15 is 0 Å². The van der Waals surface area contributed by atoms with Crippen LogP contribution < -0.4 is 4.90 Å². The third-order valence-electron chi connectivity index (χ3n) is 4.41. The van der Waals surface area contributed by atoms with E-state index in [2.05, 4.69) is 37.0 Å². The second-order valence-electron chi connectivity index (χ2n) is 6.28. The Morgan fingerprint density at radius 3 is 2.68 bits per heavy atom. The zero-order valence-electron chi connectivity index (χ0n) is 14.8. The van der Waals surface area contributed by atoms with E-state index in [0.717, 1.165) is 26.2 Å². The Morgan fingerprint density at radius 2 is 2.04 bits per heavy atom. The predicted molar refractivity (Wildman–Crippen MR) is 91.4 cm³/mol. The number of likely N-dealkylation sites (N-methyl/N-ethyl adjacent to an activating group) is 2. The van der Waals surface area contributed by atoms with Gasteiger partial charge in [-0.05, 0) is 14.0 Å². The maximum absolute atomic E-state index is 12.6. The van der Waals surface area contributed by atoms with Gasteiger partial charge in [0.15, 0.2) is 5.82 Å². The molecule has 1 aliphatic heterocycles. The second-order valence-corrected chi connectivity index (χ2v) is 6.28. The van der Waals surface area contributed by atoms with Crippen molar-refractivity contribution in [2.75, 3.05) is 51.7 Å². The molecule has 0 saturated carbocycles. The monoisotopic (exact) mass is 345 g/mol. The van der Waals surface area contributed by atoms with Gasteiger partial charge >= 0.3 is 0 Å². The molecule has 0 bridgehead atoms. The van der Waals surface area contributed by atoms with Crippen molar-refractivity contribution in [2.45, 2.75) is 13.3 Å². The summed E-state index contributed by atoms with van der Waals surface area (Å²) in [7, 11) is 3.85. The highest BCUT2D eigenvalue weighted by Crippen LogP contribution is 2.14. The third-order valence-corrected chi connectivity index (χ3v) is 4.41. The molecule has 1 fully saturated rings. The molecule has 0 unspecified atom stereocenters. The quantitative estimate of drug-likeness (QED) is 0.761. The smallest absolute Gasteiger partial charge is 0.257 e. The maximum atomic E-state index is 12.6. The minimum absolute atomic E-state index is 0.106. The number of anilines is 1. The van der Waals surface area contributed by atoms with Crippen molar-refractivity contribution < 1.29 is 9.32 Å². The lowest BCUT2D eigenvalue weighted by Crippen LogP contribution is -2.45. The predicted octanol–water partition coefficient (Wildman–Crippen LogP) is 0.235. The Balaban J connectivity index is 1.64. The van der Waals surface area contributed by atoms with Gasteiger partial charge in [-0.3, -0.25) is 4.79 Å². The van der Waals surface area contributed by atoms with E-state index in [0.29, 0.717) is 36.0 Å². The van der Waals surface area contributed by atoms with Crippen molar-refractivity contribution in [3.05, 3.63) is 29.7 Å². The molecule has 0 radical (unpaired) electrons. The highest BCUT2D eigenvalue weighted by molar-refractivity contribution is 5.94. The zero-order chi connectivity index (χ0) is 17.8. The van der Waals surface area contributed by atoms with Crippen LogP contribution in [0.4, 0.5) is 5.95 Å². The Labute approximate surface area is 146 Å². The van der Waals surface area contributed by atoms with E-state index in [-0.39, 0.29) is 5.91 Å². The van der Waals surface area contributed by atoms with E-state index in [9.17, 15) is 4.79 Å². The van der Waals surface area contributed by atoms with E-state index in [1.54, 1.807) is 18.1 Å². The molecule has 2 aromatic heterocycles. The molecule has 25 heavy (non-hydrogen) atoms. The van der Waals surface area contributed by atoms with Crippen LogP contribution in [0.5, 0.6) is 0 Å². The largest absolute Gasteiger partial charge is 0.343 e. The van der Waals surface area contributed by atoms with Crippen molar-refractivity contribution in [1.82, 2.24) is 29.9 Å². The Bertz CT molecular complexity index is 711. The first-order valence-corrected chi connectivity index (χ1v) is 8.32. The van der Waals surface area contributed by atoms with Gasteiger partial charge < -0.3 is 19.2 Å². The molecule has 1 aliphatic rings. The fourth-order valence-electron chi connectivity index (χ4n) is 2.70. The van der Waals surface area contributed by atoms with E-state index in [1.807, 2.05) is 6.92 Å². The summed E-state index contributed by atoms with van der Waals surface area (Å²) in [6.07, 6.45) is 3.45. The molecule has 0 atom stereocenters. The normalized spacial score (nSPS) is 15.4. The van der Waals surface area contributed by atoms with Crippen molar-refractivity contribution in [1.29, 1.82) is 0 Å². The van der Waals surface area contributed by atoms with Crippen LogP contribution in [0.25, 0.3) is 0 Å². The molecule has 0 N–H and O–H groups in total. The van der Waals surface area contributed by atoms with Gasteiger partial charge in [0, 0.05) is 52.4 Å². The molecule has 1 amide bonds. The Kier molecular flexibility index (Phi) is 5.22. The molecule has 134 valence electrons. The summed E-state index contributed by atoms with van der Waals surface area (Å²) in [5, 5.41) is 3.75. The zero-order valence-corrected chi connectivity index (χ0v) is 14.8. The molecule has 1 saturated heterocycles. The average molecular weight is 345 g/mol. The summed E-state index contributed by atoms with van der Waals surface area (Å²) in [6, 6.07) is 0. The summed E-state index contributed by atoms with van der Waals surface area (Å²) < 4.78 is 4.70. The molecule has 3 rings (SSSR count). The first-order valence-electron chi connectivity index (χ1n) is 8.32. The van der Waals surface area contributed by atoms with Crippen LogP contribution in [-0.4, -0.2) is 82.6 Å². The SMILES string of the molecule is Cc1nc(N2CCN(C)CC2)ncc1C(=O)N(C)CCc1ncon1. The van der Waals surface area contributed by atoms with E-state index < -0.39 is 0 Å². The summed E-state index contributed by atoms with van der Waals surface area (Å²) in [6.45, 7) is 6.12. The molecule has 9 nitrogen and oxygen atoms in total. The summed E-state index contributed by atoms with van der Waals surface area (Å²) in [5.74, 6) is 1.17. The van der Waals surface area contributed by atoms with Crippen LogP contribution in [0.2, 0.25) is 0 Å². The Morgan fingerprint density at radius 1 is 1.28 bits per heavy atom. The van der Waals surface area contributed by atoms with Gasteiger partial charge in [0.25, 0.3) is 5.91 Å². The van der Waals surface area contributed by atoms with Crippen molar-refractivity contribution in [3.63, 3.8) is 0 Å². The number of rotatable bonds is 5. The summed E-state index contributed by atoms with van der Waals surface area (Å²) in [4.78, 5) is 31.6. The summed E-state index contributed by atoms with van der Waals surface area (Å²) in [5.41, 5.74) is 1.22. The number of nitrogens with zero attached hydrogens (tertiary/aromatic N) is 7. The number of carbonyl (C=O) groups excluding carboxylic acids is 1. The van der Waals surface area contributed by atoms with Gasteiger partial charge in [0.1, 0.15) is 0 Å². The van der Waals surface area contributed by atoms with Crippen molar-refractivity contribution in [2.24, 2.45) is 0 Å². The maximum Gasteiger partial charge on any atom is 0.257 e. The highest BCUT2D eigenvalue weighted by Gasteiger charge is 2.20. The minimum atomic E-state index is -0.106. The highest BCUT2D eigenvalue weighted by atomic mass is 16.5. The summed E-state index contributed by atoms with van der Waals surface area (Å²) >= 11 is 0. The number of hydrogen-bond donors (Lipinski definition) is 0. The van der Waals surface area contributed by atoms with Gasteiger partial charge in [-0.2, -0.15) is 4.98 Å². The molecule has 2 aromatic rings. The fourth-order valence-corrected chi connectivity index (χ4v) is 2.70. The van der Waals surface area contributed by atoms with Crippen LogP contribution in [0.1, 0.15) is 21.9 Å². The minimum Gasteiger partial charge on any atom is -0.343 e. The lowest BCUT2D eigenvalue weighted by Gasteiger charge is -2.32. The number of hydrogen-bond acceptors (Lipinski definition) is 8. The first kappa shape index (κ1) is 17.3. The van der Waals surface area contributed by atoms with Crippen LogP contribution >= 0.6 is 0 Å². The van der Waals surface area contributed by atoms with Crippen LogP contribution in [0.3, 0.4) is 0 Å². The van der Waals surface area contributed by atoms with Gasteiger partial charge in [0.2, 0.25) is 12.3 Å². The topological polar surface area (TPSA) is 91.5 Å². The van der Waals surface area contributed by atoms with Gasteiger partial charge in [-0.15, -0.1) is 0 Å². The number of amides is 1. The standard InChI is InChI=1S/C16H23N7O2/c1-12-13(15(24)22(3)5-4-14-18-11-25-20-14)10-17-16(19-12)23-8-6-21(2)7-9-23/h10-11H,4-9H2,1-3H3. The molecule has 9 heteroatoms. The average Bonchev–Trinajstić information content (AvgIpc) is 3.13. The lowest BCUT2D eigenvalue weighted by atomic mass is 10.2. The van der Waals surface area contributed by atoms with Crippen LogP contribution in [0, 0.1) is 6.92 Å². The molecule has 0 spiro atoms. The molecular weight excluding hydrogens is 322 g/mol. The first-order chi connectivity index (χ1) is 12.0. The molecule has 3 heterocycles. The van der Waals surface area contributed by atoms with Crippen LogP contribution in [-0.2, 0) is 6.42 Å². The van der Waals surface area contributed by atoms with Gasteiger partial charge in [-0.25, -0.2) is 9.97 Å². The van der Waals surface area contributed by atoms with Gasteiger partial charge in [0.05, 0.1) is 11.3 Å². The number of piperazine rings is 1. The fraction of sp³-hybridized carbons (Fsp3) is 0.562. The lowest BCUT2D eigenvalue weighted by molar-refractivity contribution is 0.0794. The van der Waals surface area contributed by atoms with E-state index in [1.165, 1.54) is 6.39 Å². The molecular formula is C16H23N7O2.